The predicted molar refractivity (Wildman–Crippen MR) is 95.6 cm³/mol. The summed E-state index contributed by atoms with van der Waals surface area (Å²) in [6.45, 7) is 4.33. The van der Waals surface area contributed by atoms with Crippen LogP contribution in [0.25, 0.3) is 0 Å². The van der Waals surface area contributed by atoms with Gasteiger partial charge < -0.3 is 10.2 Å². The molecule has 0 heterocycles. The van der Waals surface area contributed by atoms with Gasteiger partial charge in [0.15, 0.2) is 0 Å². The number of aryl methyl sites for hydroxylation is 1. The van der Waals surface area contributed by atoms with Gasteiger partial charge in [0.05, 0.1) is 6.54 Å². The Hall–Kier alpha value is -2.33. The molecule has 0 saturated carbocycles. The Morgan fingerprint density at radius 2 is 1.79 bits per heavy atom. The van der Waals surface area contributed by atoms with E-state index >= 15 is 0 Å². The van der Waals surface area contributed by atoms with Crippen molar-refractivity contribution in [1.29, 1.82) is 0 Å². The number of halogens is 1. The first-order valence-corrected chi connectivity index (χ1v) is 8.14. The van der Waals surface area contributed by atoms with Crippen LogP contribution in [0.2, 0.25) is 5.02 Å². The number of nitrogens with zero attached hydrogens (tertiary/aromatic N) is 1. The summed E-state index contributed by atoms with van der Waals surface area (Å²) in [5, 5.41) is 3.50. The summed E-state index contributed by atoms with van der Waals surface area (Å²) >= 11 is 5.86. The molecular weight excluding hydrogens is 324 g/mol. The van der Waals surface area contributed by atoms with Crippen molar-refractivity contribution < 1.29 is 9.59 Å². The smallest absolute Gasteiger partial charge is 0.239 e. The number of nitrogens with one attached hydrogen (secondary N) is 1. The van der Waals surface area contributed by atoms with Gasteiger partial charge in [0.1, 0.15) is 0 Å². The van der Waals surface area contributed by atoms with Gasteiger partial charge in [-0.1, -0.05) is 53.6 Å². The van der Waals surface area contributed by atoms with Gasteiger partial charge in [-0.2, -0.15) is 0 Å². The summed E-state index contributed by atoms with van der Waals surface area (Å²) < 4.78 is 0. The molecule has 24 heavy (non-hydrogen) atoms. The second-order valence-corrected chi connectivity index (χ2v) is 6.20. The third-order valence-corrected chi connectivity index (χ3v) is 3.89. The lowest BCUT2D eigenvalue weighted by atomic mass is 10.1. The van der Waals surface area contributed by atoms with Crippen LogP contribution in [-0.2, 0) is 22.7 Å². The monoisotopic (exact) mass is 344 g/mol. The van der Waals surface area contributed by atoms with E-state index in [0.29, 0.717) is 18.1 Å². The van der Waals surface area contributed by atoms with Gasteiger partial charge in [-0.25, -0.2) is 0 Å². The van der Waals surface area contributed by atoms with Gasteiger partial charge in [0.2, 0.25) is 11.8 Å². The fourth-order valence-corrected chi connectivity index (χ4v) is 2.47. The van der Waals surface area contributed by atoms with Crippen molar-refractivity contribution in [2.75, 3.05) is 6.54 Å². The van der Waals surface area contributed by atoms with E-state index in [1.54, 1.807) is 12.1 Å². The number of benzene rings is 2. The van der Waals surface area contributed by atoms with Gasteiger partial charge in [-0.3, -0.25) is 9.59 Å². The van der Waals surface area contributed by atoms with E-state index in [2.05, 4.69) is 5.32 Å². The highest BCUT2D eigenvalue weighted by Crippen LogP contribution is 2.11. The largest absolute Gasteiger partial charge is 0.350 e. The number of hydrogen-bond donors (Lipinski definition) is 1. The lowest BCUT2D eigenvalue weighted by molar-refractivity contribution is -0.135. The Balaban J connectivity index is 1.91. The van der Waals surface area contributed by atoms with Gasteiger partial charge >= 0.3 is 0 Å². The zero-order valence-electron chi connectivity index (χ0n) is 13.9. The van der Waals surface area contributed by atoms with Crippen LogP contribution >= 0.6 is 11.6 Å². The summed E-state index contributed by atoms with van der Waals surface area (Å²) in [6, 6.07) is 15.2. The van der Waals surface area contributed by atoms with Gasteiger partial charge in [0, 0.05) is 25.0 Å². The molecule has 0 spiro atoms. The Morgan fingerprint density at radius 3 is 2.42 bits per heavy atom. The maximum absolute atomic E-state index is 12.1. The van der Waals surface area contributed by atoms with Crippen LogP contribution in [0.1, 0.15) is 23.6 Å². The van der Waals surface area contributed by atoms with E-state index < -0.39 is 0 Å². The summed E-state index contributed by atoms with van der Waals surface area (Å²) in [5.74, 6) is -0.323. The fourth-order valence-electron chi connectivity index (χ4n) is 2.34. The summed E-state index contributed by atoms with van der Waals surface area (Å²) in [6.07, 6.45) is 0. The number of carbonyl (C=O) groups excluding carboxylic acids is 2. The van der Waals surface area contributed by atoms with Gasteiger partial charge in [0.25, 0.3) is 0 Å². The molecule has 0 aromatic heterocycles. The highest BCUT2D eigenvalue weighted by Gasteiger charge is 2.14. The zero-order valence-corrected chi connectivity index (χ0v) is 14.6. The normalized spacial score (nSPS) is 10.3. The summed E-state index contributed by atoms with van der Waals surface area (Å²) in [4.78, 5) is 25.4. The summed E-state index contributed by atoms with van der Waals surface area (Å²) in [5.41, 5.74) is 3.12. The molecule has 0 aliphatic heterocycles. The minimum Gasteiger partial charge on any atom is -0.350 e. The van der Waals surface area contributed by atoms with Crippen molar-refractivity contribution in [3.63, 3.8) is 0 Å². The second kappa shape index (κ2) is 8.50. The van der Waals surface area contributed by atoms with Gasteiger partial charge in [-0.15, -0.1) is 0 Å². The minimum absolute atomic E-state index is 0.0315. The maximum Gasteiger partial charge on any atom is 0.239 e. The van der Waals surface area contributed by atoms with Crippen LogP contribution in [0.3, 0.4) is 0 Å². The molecule has 2 aromatic rings. The highest BCUT2D eigenvalue weighted by molar-refractivity contribution is 6.30. The molecule has 0 unspecified atom stereocenters. The van der Waals surface area contributed by atoms with Crippen LogP contribution in [-0.4, -0.2) is 23.3 Å². The average Bonchev–Trinajstić information content (AvgIpc) is 2.54. The molecule has 2 aromatic carbocycles. The third kappa shape index (κ3) is 5.70. The lowest BCUT2D eigenvalue weighted by Crippen LogP contribution is -2.39. The van der Waals surface area contributed by atoms with Crippen molar-refractivity contribution >= 4 is 23.4 Å². The van der Waals surface area contributed by atoms with Crippen molar-refractivity contribution in [3.8, 4) is 0 Å². The Labute approximate surface area is 147 Å². The molecule has 0 fully saturated rings. The molecule has 5 heteroatoms. The van der Waals surface area contributed by atoms with Crippen LogP contribution in [0.5, 0.6) is 0 Å². The second-order valence-electron chi connectivity index (χ2n) is 5.77. The van der Waals surface area contributed by atoms with Crippen LogP contribution < -0.4 is 5.32 Å². The standard InChI is InChI=1S/C19H21ClN2O2/c1-14-4-3-5-17(10-14)11-21-19(24)13-22(15(2)23)12-16-6-8-18(20)9-7-16/h3-10H,11-13H2,1-2H3,(H,21,24). The lowest BCUT2D eigenvalue weighted by Gasteiger charge is -2.20. The number of carbonyl (C=O) groups is 2. The molecule has 2 rings (SSSR count). The Morgan fingerprint density at radius 1 is 1.08 bits per heavy atom. The van der Waals surface area contributed by atoms with Crippen molar-refractivity contribution in [3.05, 3.63) is 70.2 Å². The molecule has 0 saturated heterocycles. The van der Waals surface area contributed by atoms with Crippen LogP contribution in [0, 0.1) is 6.92 Å². The van der Waals surface area contributed by atoms with Crippen molar-refractivity contribution in [1.82, 2.24) is 10.2 Å². The van der Waals surface area contributed by atoms with E-state index in [1.165, 1.54) is 11.8 Å². The van der Waals surface area contributed by atoms with Crippen molar-refractivity contribution in [2.45, 2.75) is 26.9 Å². The highest BCUT2D eigenvalue weighted by atomic mass is 35.5. The molecule has 126 valence electrons. The number of hydrogen-bond acceptors (Lipinski definition) is 2. The van der Waals surface area contributed by atoms with E-state index in [9.17, 15) is 9.59 Å². The Bertz CT molecular complexity index is 714. The first kappa shape index (κ1) is 18.0. The molecular formula is C19H21ClN2O2. The zero-order chi connectivity index (χ0) is 17.5. The predicted octanol–water partition coefficient (Wildman–Crippen LogP) is 3.31. The first-order valence-electron chi connectivity index (χ1n) is 7.76. The van der Waals surface area contributed by atoms with E-state index in [4.69, 9.17) is 11.6 Å². The van der Waals surface area contributed by atoms with E-state index in [-0.39, 0.29) is 18.4 Å². The maximum atomic E-state index is 12.1. The molecule has 0 aliphatic rings. The third-order valence-electron chi connectivity index (χ3n) is 3.64. The van der Waals surface area contributed by atoms with E-state index in [1.807, 2.05) is 43.3 Å². The van der Waals surface area contributed by atoms with Crippen LogP contribution in [0.15, 0.2) is 48.5 Å². The minimum atomic E-state index is -0.180. The molecule has 2 amide bonds. The molecule has 0 radical (unpaired) electrons. The quantitative estimate of drug-likeness (QED) is 0.874. The summed E-state index contributed by atoms with van der Waals surface area (Å²) in [7, 11) is 0. The van der Waals surface area contributed by atoms with E-state index in [0.717, 1.165) is 16.7 Å². The Kier molecular flexibility index (Phi) is 6.38. The first-order chi connectivity index (χ1) is 11.4. The molecule has 0 atom stereocenters. The van der Waals surface area contributed by atoms with Gasteiger partial charge in [-0.05, 0) is 30.2 Å². The molecule has 0 bridgehead atoms. The molecule has 4 nitrogen and oxygen atoms in total. The number of rotatable bonds is 6. The fraction of sp³-hybridized carbons (Fsp3) is 0.263. The molecule has 1 N–H and O–H groups in total. The SMILES string of the molecule is CC(=O)N(CC(=O)NCc1cccc(C)c1)Cc1ccc(Cl)cc1. The number of amides is 2. The topological polar surface area (TPSA) is 49.4 Å². The molecule has 0 aliphatic carbocycles. The average molecular weight is 345 g/mol. The van der Waals surface area contributed by atoms with Crippen molar-refractivity contribution in [2.24, 2.45) is 0 Å². The van der Waals surface area contributed by atoms with Crippen LogP contribution in [0.4, 0.5) is 0 Å².